The molecule has 2 aliphatic rings. The maximum atomic E-state index is 6.01. The van der Waals surface area contributed by atoms with E-state index < -0.39 is 0 Å². The SMILES string of the molecule is CN1CC[C@H](COCc2ccncc2)CC12CN(Cc1cccs1)C2. The fourth-order valence-electron chi connectivity index (χ4n) is 4.26. The molecule has 0 saturated carbocycles. The van der Waals surface area contributed by atoms with Crippen molar-refractivity contribution in [2.24, 2.45) is 5.92 Å². The lowest BCUT2D eigenvalue weighted by molar-refractivity contribution is -0.0932. The standard InChI is InChI=1S/C20H27N3OS/c1-22-9-6-18(14-24-13-17-4-7-21-8-5-17)11-20(22)15-23(16-20)12-19-3-2-10-25-19/h2-5,7-8,10,18H,6,9,11-16H2,1H3/t18-/m0/s1. The maximum Gasteiger partial charge on any atom is 0.0718 e. The highest BCUT2D eigenvalue weighted by Crippen LogP contribution is 2.39. The van der Waals surface area contributed by atoms with Crippen molar-refractivity contribution in [1.82, 2.24) is 14.8 Å². The number of pyridine rings is 1. The third-order valence-electron chi connectivity index (χ3n) is 5.72. The van der Waals surface area contributed by atoms with Gasteiger partial charge in [-0.25, -0.2) is 0 Å². The minimum absolute atomic E-state index is 0.375. The van der Waals surface area contributed by atoms with E-state index in [1.165, 1.54) is 42.9 Å². The van der Waals surface area contributed by atoms with Crippen LogP contribution in [0, 0.1) is 5.92 Å². The van der Waals surface area contributed by atoms with E-state index in [9.17, 15) is 0 Å². The second-order valence-corrected chi connectivity index (χ2v) is 8.63. The number of nitrogens with zero attached hydrogens (tertiary/aromatic N) is 3. The van der Waals surface area contributed by atoms with Gasteiger partial charge in [-0.05, 0) is 61.5 Å². The van der Waals surface area contributed by atoms with Crippen LogP contribution in [0.15, 0.2) is 42.0 Å². The third kappa shape index (κ3) is 3.95. The molecule has 134 valence electrons. The van der Waals surface area contributed by atoms with E-state index in [1.54, 1.807) is 0 Å². The fraction of sp³-hybridized carbons (Fsp3) is 0.550. The number of likely N-dealkylation sites (N-methyl/N-ethyl adjacent to an activating group) is 1. The number of hydrogen-bond donors (Lipinski definition) is 0. The molecule has 0 N–H and O–H groups in total. The van der Waals surface area contributed by atoms with Crippen LogP contribution in [-0.4, -0.2) is 53.6 Å². The average Bonchev–Trinajstić information content (AvgIpc) is 3.10. The Kier molecular flexibility index (Phi) is 5.17. The van der Waals surface area contributed by atoms with Gasteiger partial charge in [0.25, 0.3) is 0 Å². The Morgan fingerprint density at radius 1 is 1.28 bits per heavy atom. The van der Waals surface area contributed by atoms with E-state index in [2.05, 4.69) is 39.3 Å². The Bertz CT molecular complexity index is 655. The van der Waals surface area contributed by atoms with Gasteiger partial charge < -0.3 is 4.74 Å². The summed E-state index contributed by atoms with van der Waals surface area (Å²) in [6, 6.07) is 8.46. The Hall–Kier alpha value is -1.27. The Morgan fingerprint density at radius 3 is 2.88 bits per heavy atom. The van der Waals surface area contributed by atoms with Crippen LogP contribution in [0.1, 0.15) is 23.3 Å². The van der Waals surface area contributed by atoms with Crippen molar-refractivity contribution < 1.29 is 4.74 Å². The Morgan fingerprint density at radius 2 is 2.12 bits per heavy atom. The third-order valence-corrected chi connectivity index (χ3v) is 6.58. The van der Waals surface area contributed by atoms with Gasteiger partial charge in [0.2, 0.25) is 0 Å². The van der Waals surface area contributed by atoms with Crippen LogP contribution in [-0.2, 0) is 17.9 Å². The average molecular weight is 358 g/mol. The lowest BCUT2D eigenvalue weighted by atomic mass is 9.75. The molecule has 2 aromatic heterocycles. The molecule has 4 nitrogen and oxygen atoms in total. The number of aromatic nitrogens is 1. The van der Waals surface area contributed by atoms with Crippen molar-refractivity contribution in [2.45, 2.75) is 31.5 Å². The topological polar surface area (TPSA) is 28.6 Å². The van der Waals surface area contributed by atoms with Gasteiger partial charge in [-0.15, -0.1) is 11.3 Å². The van der Waals surface area contributed by atoms with Crippen molar-refractivity contribution in [3.8, 4) is 0 Å². The molecule has 2 fully saturated rings. The molecule has 0 aliphatic carbocycles. The number of piperidine rings is 1. The predicted octanol–water partition coefficient (Wildman–Crippen LogP) is 3.26. The van der Waals surface area contributed by atoms with Crippen molar-refractivity contribution in [3.63, 3.8) is 0 Å². The zero-order valence-corrected chi connectivity index (χ0v) is 15.8. The normalized spacial score (nSPS) is 23.6. The zero-order chi connectivity index (χ0) is 17.1. The lowest BCUT2D eigenvalue weighted by Crippen LogP contribution is -2.71. The van der Waals surface area contributed by atoms with Gasteiger partial charge in [0.1, 0.15) is 0 Å². The largest absolute Gasteiger partial charge is 0.376 e. The van der Waals surface area contributed by atoms with E-state index in [4.69, 9.17) is 4.74 Å². The summed E-state index contributed by atoms with van der Waals surface area (Å²) in [6.07, 6.45) is 6.18. The molecule has 2 aromatic rings. The molecule has 4 rings (SSSR count). The van der Waals surface area contributed by atoms with Crippen LogP contribution >= 0.6 is 11.3 Å². The quantitative estimate of drug-likeness (QED) is 0.793. The van der Waals surface area contributed by atoms with Gasteiger partial charge in [0, 0.05) is 49.1 Å². The van der Waals surface area contributed by atoms with Crippen molar-refractivity contribution in [1.29, 1.82) is 0 Å². The minimum Gasteiger partial charge on any atom is -0.376 e. The highest BCUT2D eigenvalue weighted by atomic mass is 32.1. The summed E-state index contributed by atoms with van der Waals surface area (Å²) >= 11 is 1.87. The van der Waals surface area contributed by atoms with Gasteiger partial charge >= 0.3 is 0 Å². The summed E-state index contributed by atoms with van der Waals surface area (Å²) < 4.78 is 6.01. The molecule has 2 saturated heterocycles. The molecule has 0 radical (unpaired) electrons. The highest BCUT2D eigenvalue weighted by Gasteiger charge is 2.49. The number of hydrogen-bond acceptors (Lipinski definition) is 5. The number of rotatable bonds is 6. The second kappa shape index (κ2) is 7.54. The molecule has 5 heteroatoms. The summed E-state index contributed by atoms with van der Waals surface area (Å²) in [5.74, 6) is 0.682. The highest BCUT2D eigenvalue weighted by molar-refractivity contribution is 7.09. The summed E-state index contributed by atoms with van der Waals surface area (Å²) in [4.78, 5) is 10.7. The van der Waals surface area contributed by atoms with Crippen LogP contribution in [0.25, 0.3) is 0 Å². The van der Waals surface area contributed by atoms with Gasteiger partial charge in [-0.3, -0.25) is 14.8 Å². The first-order valence-corrected chi connectivity index (χ1v) is 10.0. The van der Waals surface area contributed by atoms with Gasteiger partial charge in [-0.1, -0.05) is 6.07 Å². The number of ether oxygens (including phenoxy) is 1. The van der Waals surface area contributed by atoms with Crippen LogP contribution in [0.3, 0.4) is 0 Å². The van der Waals surface area contributed by atoms with E-state index in [-0.39, 0.29) is 0 Å². The Labute approximate surface area is 154 Å². The lowest BCUT2D eigenvalue weighted by Gasteiger charge is -2.58. The molecule has 2 aliphatic heterocycles. The minimum atomic E-state index is 0.375. The summed E-state index contributed by atoms with van der Waals surface area (Å²) in [5.41, 5.74) is 1.59. The monoisotopic (exact) mass is 357 g/mol. The molecule has 0 aromatic carbocycles. The first-order chi connectivity index (χ1) is 12.2. The van der Waals surface area contributed by atoms with E-state index >= 15 is 0 Å². The fourth-order valence-corrected chi connectivity index (χ4v) is 5.01. The zero-order valence-electron chi connectivity index (χ0n) is 14.9. The maximum absolute atomic E-state index is 6.01. The summed E-state index contributed by atoms with van der Waals surface area (Å²) in [5, 5.41) is 2.17. The number of likely N-dealkylation sites (tertiary alicyclic amines) is 2. The molecule has 1 spiro atoms. The summed E-state index contributed by atoms with van der Waals surface area (Å²) in [6.45, 7) is 6.27. The van der Waals surface area contributed by atoms with Crippen molar-refractivity contribution >= 4 is 11.3 Å². The van der Waals surface area contributed by atoms with Gasteiger partial charge in [0.05, 0.1) is 6.61 Å². The van der Waals surface area contributed by atoms with Crippen molar-refractivity contribution in [2.75, 3.05) is 33.3 Å². The molecule has 1 atom stereocenters. The van der Waals surface area contributed by atoms with Crippen LogP contribution in [0.5, 0.6) is 0 Å². The second-order valence-electron chi connectivity index (χ2n) is 7.60. The molecule has 0 bridgehead atoms. The van der Waals surface area contributed by atoms with Crippen molar-refractivity contribution in [3.05, 3.63) is 52.5 Å². The molecular formula is C20H27N3OS. The smallest absolute Gasteiger partial charge is 0.0718 e. The van der Waals surface area contributed by atoms with Gasteiger partial charge in [-0.2, -0.15) is 0 Å². The molecule has 0 amide bonds. The first kappa shape index (κ1) is 17.2. The van der Waals surface area contributed by atoms with E-state index in [0.29, 0.717) is 18.1 Å². The van der Waals surface area contributed by atoms with Crippen LogP contribution < -0.4 is 0 Å². The molecule has 0 unspecified atom stereocenters. The van der Waals surface area contributed by atoms with E-state index in [1.807, 2.05) is 35.9 Å². The molecular weight excluding hydrogens is 330 g/mol. The molecule has 4 heterocycles. The summed E-state index contributed by atoms with van der Waals surface area (Å²) in [7, 11) is 2.30. The van der Waals surface area contributed by atoms with Gasteiger partial charge in [0.15, 0.2) is 0 Å². The first-order valence-electron chi connectivity index (χ1n) is 9.16. The predicted molar refractivity (Wildman–Crippen MR) is 102 cm³/mol. The molecule has 25 heavy (non-hydrogen) atoms. The van der Waals surface area contributed by atoms with Crippen LogP contribution in [0.2, 0.25) is 0 Å². The van der Waals surface area contributed by atoms with Crippen LogP contribution in [0.4, 0.5) is 0 Å². The van der Waals surface area contributed by atoms with E-state index in [0.717, 1.165) is 13.2 Å². The number of thiophene rings is 1. The Balaban J connectivity index is 1.26.